The fourth-order valence-corrected chi connectivity index (χ4v) is 2.86. The molecule has 0 radical (unpaired) electrons. The van der Waals surface area contributed by atoms with E-state index in [0.29, 0.717) is 12.3 Å². The summed E-state index contributed by atoms with van der Waals surface area (Å²) in [5.74, 6) is -0.324. The first-order valence-corrected chi connectivity index (χ1v) is 7.03. The second kappa shape index (κ2) is 6.05. The molecule has 0 saturated carbocycles. The summed E-state index contributed by atoms with van der Waals surface area (Å²) in [5.41, 5.74) is 1.39. The summed E-state index contributed by atoms with van der Waals surface area (Å²) in [4.78, 5) is 15.1. The number of methoxy groups -OCH3 is 1. The van der Waals surface area contributed by atoms with E-state index in [2.05, 4.69) is 0 Å². The van der Waals surface area contributed by atoms with E-state index in [-0.39, 0.29) is 11.5 Å². The van der Waals surface area contributed by atoms with Crippen LogP contribution in [-0.2, 0) is 6.54 Å². The van der Waals surface area contributed by atoms with Gasteiger partial charge in [-0.1, -0.05) is 0 Å². The monoisotopic (exact) mass is 293 g/mol. The van der Waals surface area contributed by atoms with Crippen molar-refractivity contribution in [3.63, 3.8) is 0 Å². The van der Waals surface area contributed by atoms with E-state index in [9.17, 15) is 9.18 Å². The number of carbonyl (C=O) groups is 1. The Morgan fingerprint density at radius 1 is 1.40 bits per heavy atom. The third kappa shape index (κ3) is 2.99. The number of aryl methyl sites for hydroxylation is 1. The normalized spacial score (nSPS) is 10.4. The predicted octanol–water partition coefficient (Wildman–Crippen LogP) is 3.48. The molecule has 106 valence electrons. The van der Waals surface area contributed by atoms with Crippen LogP contribution in [-0.4, -0.2) is 25.0 Å². The number of hydrogen-bond donors (Lipinski definition) is 0. The summed E-state index contributed by atoms with van der Waals surface area (Å²) in [6.45, 7) is 2.51. The predicted molar refractivity (Wildman–Crippen MR) is 77.8 cm³/mol. The van der Waals surface area contributed by atoms with Gasteiger partial charge in [0.1, 0.15) is 11.6 Å². The van der Waals surface area contributed by atoms with Crippen LogP contribution in [0.5, 0.6) is 5.75 Å². The highest BCUT2D eigenvalue weighted by atomic mass is 32.1. The van der Waals surface area contributed by atoms with Crippen molar-refractivity contribution in [1.29, 1.82) is 0 Å². The molecular weight excluding hydrogens is 277 g/mol. The number of amides is 1. The van der Waals surface area contributed by atoms with Gasteiger partial charge in [-0.2, -0.15) is 0 Å². The lowest BCUT2D eigenvalue weighted by Gasteiger charge is -2.18. The Labute approximate surface area is 121 Å². The van der Waals surface area contributed by atoms with Gasteiger partial charge in [0.05, 0.1) is 19.2 Å². The second-order valence-electron chi connectivity index (χ2n) is 4.53. The largest absolute Gasteiger partial charge is 0.496 e. The van der Waals surface area contributed by atoms with Crippen molar-refractivity contribution in [3.05, 3.63) is 51.5 Å². The third-order valence-corrected chi connectivity index (χ3v) is 4.10. The van der Waals surface area contributed by atoms with Crippen LogP contribution < -0.4 is 4.74 Å². The van der Waals surface area contributed by atoms with Crippen molar-refractivity contribution in [2.24, 2.45) is 0 Å². The minimum absolute atomic E-state index is 0.240. The molecule has 0 atom stereocenters. The number of carbonyl (C=O) groups excluding carboxylic acids is 1. The highest BCUT2D eigenvalue weighted by molar-refractivity contribution is 7.10. The summed E-state index contributed by atoms with van der Waals surface area (Å²) < 4.78 is 18.4. The Balaban J connectivity index is 2.22. The molecule has 0 spiro atoms. The molecule has 0 N–H and O–H groups in total. The van der Waals surface area contributed by atoms with Gasteiger partial charge in [0.25, 0.3) is 5.91 Å². The maximum Gasteiger partial charge on any atom is 0.257 e. The van der Waals surface area contributed by atoms with Gasteiger partial charge in [0.15, 0.2) is 0 Å². The number of ether oxygens (including phenoxy) is 1. The first-order chi connectivity index (χ1) is 9.52. The second-order valence-corrected chi connectivity index (χ2v) is 5.53. The van der Waals surface area contributed by atoms with E-state index in [4.69, 9.17) is 4.74 Å². The zero-order valence-electron chi connectivity index (χ0n) is 11.6. The zero-order chi connectivity index (χ0) is 14.7. The molecule has 0 saturated heterocycles. The highest BCUT2D eigenvalue weighted by Crippen LogP contribution is 2.23. The Morgan fingerprint density at radius 2 is 2.15 bits per heavy atom. The SMILES string of the molecule is COc1ccc(F)cc1C(=O)N(C)Cc1sccc1C. The van der Waals surface area contributed by atoms with E-state index < -0.39 is 5.82 Å². The van der Waals surface area contributed by atoms with Crippen LogP contribution in [0.15, 0.2) is 29.6 Å². The molecule has 5 heteroatoms. The fourth-order valence-electron chi connectivity index (χ4n) is 1.91. The molecule has 0 unspecified atom stereocenters. The van der Waals surface area contributed by atoms with Crippen molar-refractivity contribution >= 4 is 17.2 Å². The summed E-state index contributed by atoms with van der Waals surface area (Å²) in [6, 6.07) is 5.96. The van der Waals surface area contributed by atoms with E-state index in [1.165, 1.54) is 25.3 Å². The van der Waals surface area contributed by atoms with Gasteiger partial charge < -0.3 is 9.64 Å². The molecule has 1 amide bonds. The number of halogens is 1. The quantitative estimate of drug-likeness (QED) is 0.864. The molecule has 20 heavy (non-hydrogen) atoms. The maximum atomic E-state index is 13.3. The molecule has 0 fully saturated rings. The number of benzene rings is 1. The molecule has 3 nitrogen and oxygen atoms in total. The van der Waals surface area contributed by atoms with Gasteiger partial charge in [-0.25, -0.2) is 4.39 Å². The van der Waals surface area contributed by atoms with Crippen LogP contribution in [0.1, 0.15) is 20.8 Å². The van der Waals surface area contributed by atoms with Gasteiger partial charge in [0, 0.05) is 11.9 Å². The third-order valence-electron chi connectivity index (χ3n) is 3.09. The number of rotatable bonds is 4. The number of hydrogen-bond acceptors (Lipinski definition) is 3. The van der Waals surface area contributed by atoms with E-state index >= 15 is 0 Å². The Morgan fingerprint density at radius 3 is 2.75 bits per heavy atom. The van der Waals surface area contributed by atoms with Crippen molar-refractivity contribution in [1.82, 2.24) is 4.90 Å². The van der Waals surface area contributed by atoms with Gasteiger partial charge in [0.2, 0.25) is 0 Å². The topological polar surface area (TPSA) is 29.5 Å². The summed E-state index contributed by atoms with van der Waals surface area (Å²) >= 11 is 1.60. The minimum atomic E-state index is -0.449. The maximum absolute atomic E-state index is 13.3. The molecule has 0 aliphatic heterocycles. The summed E-state index contributed by atoms with van der Waals surface area (Å²) in [5, 5.41) is 1.99. The summed E-state index contributed by atoms with van der Waals surface area (Å²) in [6.07, 6.45) is 0. The lowest BCUT2D eigenvalue weighted by atomic mass is 10.1. The van der Waals surface area contributed by atoms with Crippen LogP contribution in [0.4, 0.5) is 4.39 Å². The van der Waals surface area contributed by atoms with Crippen LogP contribution >= 0.6 is 11.3 Å². The summed E-state index contributed by atoms with van der Waals surface area (Å²) in [7, 11) is 3.17. The lowest BCUT2D eigenvalue weighted by molar-refractivity contribution is 0.0782. The average Bonchev–Trinajstić information content (AvgIpc) is 2.83. The molecule has 2 rings (SSSR count). The first-order valence-electron chi connectivity index (χ1n) is 6.15. The van der Waals surface area contributed by atoms with Gasteiger partial charge >= 0.3 is 0 Å². The molecule has 1 aromatic carbocycles. The van der Waals surface area contributed by atoms with Crippen LogP contribution in [0, 0.1) is 12.7 Å². The van der Waals surface area contributed by atoms with E-state index in [0.717, 1.165) is 10.4 Å². The van der Waals surface area contributed by atoms with Gasteiger partial charge in [-0.05, 0) is 42.1 Å². The highest BCUT2D eigenvalue weighted by Gasteiger charge is 2.18. The first kappa shape index (κ1) is 14.5. The zero-order valence-corrected chi connectivity index (χ0v) is 12.5. The van der Waals surface area contributed by atoms with Crippen LogP contribution in [0.25, 0.3) is 0 Å². The Kier molecular flexibility index (Phi) is 4.39. The van der Waals surface area contributed by atoms with Crippen molar-refractivity contribution in [2.75, 3.05) is 14.2 Å². The fraction of sp³-hybridized carbons (Fsp3) is 0.267. The minimum Gasteiger partial charge on any atom is -0.496 e. The van der Waals surface area contributed by atoms with Crippen LogP contribution in [0.2, 0.25) is 0 Å². The molecular formula is C15H16FNO2S. The number of nitrogens with zero attached hydrogens (tertiary/aromatic N) is 1. The van der Waals surface area contributed by atoms with Crippen LogP contribution in [0.3, 0.4) is 0 Å². The lowest BCUT2D eigenvalue weighted by Crippen LogP contribution is -2.26. The Hall–Kier alpha value is -1.88. The molecule has 1 heterocycles. The van der Waals surface area contributed by atoms with Crippen molar-refractivity contribution in [3.8, 4) is 5.75 Å². The Bertz CT molecular complexity index is 624. The molecule has 0 aliphatic rings. The molecule has 1 aromatic heterocycles. The van der Waals surface area contributed by atoms with Crippen molar-refractivity contribution < 1.29 is 13.9 Å². The smallest absolute Gasteiger partial charge is 0.257 e. The molecule has 2 aromatic rings. The van der Waals surface area contributed by atoms with E-state index in [1.54, 1.807) is 23.3 Å². The van der Waals surface area contributed by atoms with Gasteiger partial charge in [-0.15, -0.1) is 11.3 Å². The van der Waals surface area contributed by atoms with Gasteiger partial charge in [-0.3, -0.25) is 4.79 Å². The van der Waals surface area contributed by atoms with Crippen molar-refractivity contribution in [2.45, 2.75) is 13.5 Å². The number of thiophene rings is 1. The van der Waals surface area contributed by atoms with E-state index in [1.807, 2.05) is 18.4 Å². The molecule has 0 aliphatic carbocycles. The average molecular weight is 293 g/mol. The molecule has 0 bridgehead atoms. The standard InChI is InChI=1S/C15H16FNO2S/c1-10-6-7-20-14(10)9-17(2)15(18)12-8-11(16)4-5-13(12)19-3/h4-8H,9H2,1-3H3.